The Balaban J connectivity index is 2.08. The summed E-state index contributed by atoms with van der Waals surface area (Å²) in [4.78, 5) is 23.7. The highest BCUT2D eigenvalue weighted by Crippen LogP contribution is 2.29. The molecule has 0 amide bonds. The summed E-state index contributed by atoms with van der Waals surface area (Å²) in [6, 6.07) is 10.8. The third-order valence-corrected chi connectivity index (χ3v) is 4.63. The summed E-state index contributed by atoms with van der Waals surface area (Å²) in [7, 11) is -1.72. The van der Waals surface area contributed by atoms with E-state index in [9.17, 15) is 13.8 Å². The second kappa shape index (κ2) is 5.98. The van der Waals surface area contributed by atoms with E-state index >= 15 is 0 Å². The van der Waals surface area contributed by atoms with Crippen molar-refractivity contribution in [2.24, 2.45) is 0 Å². The Bertz CT molecular complexity index is 891. The van der Waals surface area contributed by atoms with E-state index in [1.807, 2.05) is 0 Å². The molecule has 3 rings (SSSR count). The quantitative estimate of drug-likeness (QED) is 0.816. The van der Waals surface area contributed by atoms with E-state index in [0.717, 1.165) is 0 Å². The number of anilines is 1. The van der Waals surface area contributed by atoms with E-state index < -0.39 is 22.7 Å². The van der Waals surface area contributed by atoms with E-state index in [1.165, 1.54) is 24.3 Å². The topological polar surface area (TPSA) is 83.5 Å². The van der Waals surface area contributed by atoms with Crippen LogP contribution in [-0.2, 0) is 11.0 Å². The fraction of sp³-hybridized carbons (Fsp3) is 0. The van der Waals surface area contributed by atoms with Crippen molar-refractivity contribution in [2.75, 3.05) is 4.72 Å². The van der Waals surface area contributed by atoms with Gasteiger partial charge in [-0.2, -0.15) is 0 Å². The highest BCUT2D eigenvalue weighted by molar-refractivity contribution is 7.91. The van der Waals surface area contributed by atoms with Gasteiger partial charge in [-0.3, -0.25) is 4.79 Å². The number of carboxylic acids is 1. The first-order valence-electron chi connectivity index (χ1n) is 6.53. The lowest BCUT2D eigenvalue weighted by Gasteiger charge is -2.19. The van der Waals surface area contributed by atoms with Crippen molar-refractivity contribution >= 4 is 46.1 Å². The highest BCUT2D eigenvalue weighted by atomic mass is 35.5. The van der Waals surface area contributed by atoms with Crippen LogP contribution in [0.2, 0.25) is 5.02 Å². The van der Waals surface area contributed by atoms with Gasteiger partial charge in [0.15, 0.2) is 11.0 Å². The molecular weight excluding hydrogens is 338 g/mol. The SMILES string of the molecule is O=C(O)c1ccc2c(c1)C(=O)/C(=C/c1cccc(Cl)c1)S(=O)N2. The van der Waals surface area contributed by atoms with Gasteiger partial charge in [-0.15, -0.1) is 0 Å². The molecule has 0 spiro atoms. The smallest absolute Gasteiger partial charge is 0.335 e. The number of allylic oxidation sites excluding steroid dienone is 1. The maximum Gasteiger partial charge on any atom is 0.335 e. The Morgan fingerprint density at radius 2 is 2.00 bits per heavy atom. The maximum absolute atomic E-state index is 12.6. The first kappa shape index (κ1) is 15.5. The minimum atomic E-state index is -1.72. The van der Waals surface area contributed by atoms with E-state index in [4.69, 9.17) is 16.7 Å². The lowest BCUT2D eigenvalue weighted by molar-refractivity contribution is 0.0697. The predicted molar refractivity (Wildman–Crippen MR) is 88.9 cm³/mol. The van der Waals surface area contributed by atoms with Gasteiger partial charge < -0.3 is 9.83 Å². The van der Waals surface area contributed by atoms with Gasteiger partial charge in [0.25, 0.3) is 0 Å². The summed E-state index contributed by atoms with van der Waals surface area (Å²) in [5, 5.41) is 9.53. The zero-order valence-corrected chi connectivity index (χ0v) is 13.1. The van der Waals surface area contributed by atoms with Gasteiger partial charge in [0.1, 0.15) is 4.91 Å². The molecule has 0 fully saturated rings. The number of ketones is 1. The molecule has 1 unspecified atom stereocenters. The number of rotatable bonds is 2. The second-order valence-electron chi connectivity index (χ2n) is 4.83. The minimum Gasteiger partial charge on any atom is -0.478 e. The Kier molecular flexibility index (Phi) is 4.02. The Labute approximate surface area is 139 Å². The molecule has 116 valence electrons. The van der Waals surface area contributed by atoms with Gasteiger partial charge in [-0.05, 0) is 42.0 Å². The molecule has 2 N–H and O–H groups in total. The van der Waals surface area contributed by atoms with E-state index in [0.29, 0.717) is 16.3 Å². The van der Waals surface area contributed by atoms with Gasteiger partial charge in [0, 0.05) is 10.6 Å². The number of carbonyl (C=O) groups is 2. The van der Waals surface area contributed by atoms with Crippen LogP contribution in [0.25, 0.3) is 6.08 Å². The van der Waals surface area contributed by atoms with Crippen LogP contribution in [0.3, 0.4) is 0 Å². The molecular formula is C16H10ClNO4S. The Morgan fingerprint density at radius 3 is 2.70 bits per heavy atom. The fourth-order valence-corrected chi connectivity index (χ4v) is 3.40. The van der Waals surface area contributed by atoms with E-state index in [1.54, 1.807) is 24.3 Å². The molecule has 0 radical (unpaired) electrons. The number of nitrogens with one attached hydrogen (secondary N) is 1. The molecule has 0 aliphatic carbocycles. The molecule has 5 nitrogen and oxygen atoms in total. The summed E-state index contributed by atoms with van der Waals surface area (Å²) in [6.45, 7) is 0. The number of halogens is 1. The molecule has 23 heavy (non-hydrogen) atoms. The zero-order valence-electron chi connectivity index (χ0n) is 11.6. The van der Waals surface area contributed by atoms with Crippen LogP contribution < -0.4 is 4.72 Å². The molecule has 0 aromatic heterocycles. The van der Waals surface area contributed by atoms with E-state index in [-0.39, 0.29) is 16.0 Å². The van der Waals surface area contributed by atoms with Gasteiger partial charge >= 0.3 is 5.97 Å². The lowest BCUT2D eigenvalue weighted by atomic mass is 10.0. The van der Waals surface area contributed by atoms with Gasteiger partial charge in [-0.1, -0.05) is 23.7 Å². The molecule has 1 aliphatic heterocycles. The molecule has 7 heteroatoms. The van der Waals surface area contributed by atoms with Crippen LogP contribution in [0.5, 0.6) is 0 Å². The average molecular weight is 348 g/mol. The molecule has 1 atom stereocenters. The highest BCUT2D eigenvalue weighted by Gasteiger charge is 2.28. The van der Waals surface area contributed by atoms with Crippen molar-refractivity contribution in [1.29, 1.82) is 0 Å². The molecule has 0 saturated carbocycles. The molecule has 2 aromatic carbocycles. The zero-order chi connectivity index (χ0) is 16.6. The molecule has 1 aliphatic rings. The van der Waals surface area contributed by atoms with Crippen LogP contribution in [0.15, 0.2) is 47.4 Å². The van der Waals surface area contributed by atoms with Crippen molar-refractivity contribution < 1.29 is 18.9 Å². The number of hydrogen-bond acceptors (Lipinski definition) is 3. The van der Waals surface area contributed by atoms with Crippen molar-refractivity contribution in [2.45, 2.75) is 0 Å². The first-order chi connectivity index (χ1) is 11.0. The third-order valence-electron chi connectivity index (χ3n) is 3.28. The van der Waals surface area contributed by atoms with Gasteiger partial charge in [0.2, 0.25) is 5.78 Å². The lowest BCUT2D eigenvalue weighted by Crippen LogP contribution is -2.23. The average Bonchev–Trinajstić information content (AvgIpc) is 2.51. The third kappa shape index (κ3) is 3.04. The summed E-state index contributed by atoms with van der Waals surface area (Å²) >= 11 is 5.90. The van der Waals surface area contributed by atoms with Crippen molar-refractivity contribution in [3.8, 4) is 0 Å². The molecule has 2 aromatic rings. The van der Waals surface area contributed by atoms with Crippen molar-refractivity contribution in [1.82, 2.24) is 0 Å². The number of carboxylic acid groups (broad SMARTS) is 1. The number of aromatic carboxylic acids is 1. The molecule has 0 bridgehead atoms. The van der Waals surface area contributed by atoms with Crippen LogP contribution in [0.4, 0.5) is 5.69 Å². The predicted octanol–water partition coefficient (Wildman–Crippen LogP) is 3.35. The van der Waals surface area contributed by atoms with Gasteiger partial charge in [0.05, 0.1) is 11.3 Å². The van der Waals surface area contributed by atoms with Crippen LogP contribution in [0.1, 0.15) is 26.3 Å². The summed E-state index contributed by atoms with van der Waals surface area (Å²) in [5.74, 6) is -1.60. The Hall–Kier alpha value is -2.44. The Morgan fingerprint density at radius 1 is 1.22 bits per heavy atom. The molecule has 0 saturated heterocycles. The van der Waals surface area contributed by atoms with Crippen LogP contribution in [-0.4, -0.2) is 21.1 Å². The number of carbonyl (C=O) groups excluding carboxylic acids is 1. The first-order valence-corrected chi connectivity index (χ1v) is 8.06. The number of fused-ring (bicyclic) bond motifs is 1. The van der Waals surface area contributed by atoms with Gasteiger partial charge in [-0.25, -0.2) is 9.00 Å². The standard InChI is InChI=1S/C16H10ClNO4S/c17-11-3-1-2-9(6-11)7-14-15(19)12-8-10(16(20)21)4-5-13(12)18-23(14)22/h1-8,18H,(H,20,21)/b14-7-. The van der Waals surface area contributed by atoms with Crippen LogP contribution >= 0.6 is 11.6 Å². The normalized spacial score (nSPS) is 18.4. The summed E-state index contributed by atoms with van der Waals surface area (Å²) in [6.07, 6.45) is 1.48. The summed E-state index contributed by atoms with van der Waals surface area (Å²) in [5.41, 5.74) is 1.15. The van der Waals surface area contributed by atoms with Crippen molar-refractivity contribution in [3.63, 3.8) is 0 Å². The van der Waals surface area contributed by atoms with E-state index in [2.05, 4.69) is 4.72 Å². The summed E-state index contributed by atoms with van der Waals surface area (Å²) < 4.78 is 14.9. The van der Waals surface area contributed by atoms with Crippen molar-refractivity contribution in [3.05, 3.63) is 69.1 Å². The number of benzene rings is 2. The number of Topliss-reactive ketones (excluding diaryl/α,β-unsaturated/α-hetero) is 1. The monoisotopic (exact) mass is 347 g/mol. The largest absolute Gasteiger partial charge is 0.478 e. The number of hydrogen-bond donors (Lipinski definition) is 2. The molecule has 1 heterocycles. The second-order valence-corrected chi connectivity index (χ2v) is 6.45. The maximum atomic E-state index is 12.6. The minimum absolute atomic E-state index is 0.00584. The van der Waals surface area contributed by atoms with Crippen LogP contribution in [0, 0.1) is 0 Å². The fourth-order valence-electron chi connectivity index (χ4n) is 2.19.